The number of phosphoric acid groups is 1. The molecule has 0 heterocycles. The highest BCUT2D eigenvalue weighted by Crippen LogP contribution is 2.38. The van der Waals surface area contributed by atoms with Gasteiger partial charge in [0, 0.05) is 12.8 Å². The molecular formula is C75H131N2O7P. The number of phosphoric ester groups is 1. The predicted octanol–water partition coefficient (Wildman–Crippen LogP) is 21.6. The smallest absolute Gasteiger partial charge is 0.306 e. The van der Waals surface area contributed by atoms with Gasteiger partial charge in [0.25, 0.3) is 7.82 Å². The van der Waals surface area contributed by atoms with Gasteiger partial charge in [0.2, 0.25) is 5.91 Å². The van der Waals surface area contributed by atoms with Crippen molar-refractivity contribution in [3.05, 3.63) is 122 Å². The van der Waals surface area contributed by atoms with E-state index in [1.54, 1.807) is 0 Å². The maximum absolute atomic E-state index is 13.6. The number of ether oxygens (including phenoxy) is 1. The van der Waals surface area contributed by atoms with E-state index in [0.29, 0.717) is 23.9 Å². The molecule has 0 saturated carbocycles. The summed E-state index contributed by atoms with van der Waals surface area (Å²) < 4.78 is 30.4. The number of likely N-dealkylation sites (N-methyl/N-ethyl adjacent to an activating group) is 1. The lowest BCUT2D eigenvalue weighted by Crippen LogP contribution is -2.47. The molecule has 3 atom stereocenters. The van der Waals surface area contributed by atoms with Crippen LogP contribution in [-0.2, 0) is 27.9 Å². The van der Waals surface area contributed by atoms with Crippen molar-refractivity contribution in [2.45, 2.75) is 303 Å². The molecule has 10 heteroatoms. The molecule has 0 spiro atoms. The molecule has 0 aromatic rings. The fourth-order valence-corrected chi connectivity index (χ4v) is 10.3. The van der Waals surface area contributed by atoms with Gasteiger partial charge in [0.15, 0.2) is 0 Å². The molecular weight excluding hydrogens is 1070 g/mol. The Balaban J connectivity index is 5.21. The fraction of sp³-hybridized carbons (Fsp3) is 0.707. The highest BCUT2D eigenvalue weighted by Gasteiger charge is 2.27. The van der Waals surface area contributed by atoms with Crippen LogP contribution in [0.1, 0.15) is 290 Å². The van der Waals surface area contributed by atoms with E-state index in [0.717, 1.165) is 141 Å². The lowest BCUT2D eigenvalue weighted by molar-refractivity contribution is -0.870. The van der Waals surface area contributed by atoms with Gasteiger partial charge in [0.1, 0.15) is 19.3 Å². The number of nitrogens with zero attached hydrogens (tertiary/aromatic N) is 1. The van der Waals surface area contributed by atoms with Gasteiger partial charge in [-0.25, -0.2) is 0 Å². The van der Waals surface area contributed by atoms with Gasteiger partial charge in [-0.15, -0.1) is 0 Å². The van der Waals surface area contributed by atoms with Crippen molar-refractivity contribution in [1.82, 2.24) is 5.32 Å². The summed E-state index contributed by atoms with van der Waals surface area (Å²) in [6, 6.07) is -0.908. The molecule has 488 valence electrons. The second-order valence-corrected chi connectivity index (χ2v) is 25.7. The number of carbonyl (C=O) groups excluding carboxylic acids is 2. The van der Waals surface area contributed by atoms with Crippen LogP contribution in [0.5, 0.6) is 0 Å². The number of quaternary nitrogens is 1. The lowest BCUT2D eigenvalue weighted by Gasteiger charge is -2.30. The van der Waals surface area contributed by atoms with E-state index in [1.807, 2.05) is 33.3 Å². The van der Waals surface area contributed by atoms with Crippen LogP contribution in [0.15, 0.2) is 122 Å². The predicted molar refractivity (Wildman–Crippen MR) is 367 cm³/mol. The van der Waals surface area contributed by atoms with Gasteiger partial charge in [-0.1, -0.05) is 277 Å². The Hall–Kier alpha value is -3.59. The van der Waals surface area contributed by atoms with Crippen LogP contribution in [0.4, 0.5) is 0 Å². The second-order valence-electron chi connectivity index (χ2n) is 24.3. The highest BCUT2D eigenvalue weighted by molar-refractivity contribution is 7.45. The van der Waals surface area contributed by atoms with Gasteiger partial charge in [-0.3, -0.25) is 14.2 Å². The molecule has 0 aromatic heterocycles. The second kappa shape index (κ2) is 63.4. The van der Waals surface area contributed by atoms with Crippen molar-refractivity contribution in [3.8, 4) is 0 Å². The minimum absolute atomic E-state index is 0.0324. The monoisotopic (exact) mass is 1200 g/mol. The zero-order chi connectivity index (χ0) is 62.1. The number of amides is 1. The zero-order valence-corrected chi connectivity index (χ0v) is 56.7. The average molecular weight is 1200 g/mol. The van der Waals surface area contributed by atoms with Crippen molar-refractivity contribution in [2.24, 2.45) is 0 Å². The first-order valence-electron chi connectivity index (χ1n) is 34.8. The molecule has 0 aliphatic carbocycles. The Morgan fingerprint density at radius 1 is 0.424 bits per heavy atom. The number of carbonyl (C=O) groups is 2. The van der Waals surface area contributed by atoms with Gasteiger partial charge >= 0.3 is 5.97 Å². The van der Waals surface area contributed by atoms with Crippen molar-refractivity contribution in [2.75, 3.05) is 40.9 Å². The summed E-state index contributed by atoms with van der Waals surface area (Å²) in [4.78, 5) is 40.2. The summed E-state index contributed by atoms with van der Waals surface area (Å²) in [6.45, 7) is 6.69. The summed E-state index contributed by atoms with van der Waals surface area (Å²) in [7, 11) is 1.16. The third-order valence-electron chi connectivity index (χ3n) is 14.9. The lowest BCUT2D eigenvalue weighted by atomic mass is 10.0. The quantitative estimate of drug-likeness (QED) is 0.0212. The van der Waals surface area contributed by atoms with Crippen molar-refractivity contribution in [1.29, 1.82) is 0 Å². The average Bonchev–Trinajstić information content (AvgIpc) is 3.48. The molecule has 85 heavy (non-hydrogen) atoms. The van der Waals surface area contributed by atoms with E-state index in [9.17, 15) is 19.0 Å². The molecule has 0 saturated heterocycles. The summed E-state index contributed by atoms with van der Waals surface area (Å²) in [5.74, 6) is -0.568. The third kappa shape index (κ3) is 64.7. The normalized spacial score (nSPS) is 14.3. The molecule has 3 unspecified atom stereocenters. The first-order chi connectivity index (χ1) is 41.4. The van der Waals surface area contributed by atoms with Gasteiger partial charge in [-0.2, -0.15) is 0 Å². The minimum atomic E-state index is -4.72. The van der Waals surface area contributed by atoms with Crippen LogP contribution >= 0.6 is 7.82 Å². The molecule has 0 aliphatic heterocycles. The van der Waals surface area contributed by atoms with E-state index in [2.05, 4.69) is 135 Å². The number of hydrogen-bond donors (Lipinski definition) is 1. The molecule has 0 bridgehead atoms. The largest absolute Gasteiger partial charge is 0.756 e. The van der Waals surface area contributed by atoms with Crippen molar-refractivity contribution < 1.29 is 37.3 Å². The van der Waals surface area contributed by atoms with E-state index in [4.69, 9.17) is 13.8 Å². The van der Waals surface area contributed by atoms with E-state index >= 15 is 0 Å². The van der Waals surface area contributed by atoms with Gasteiger partial charge in [0.05, 0.1) is 33.8 Å². The summed E-state index contributed by atoms with van der Waals surface area (Å²) >= 11 is 0. The van der Waals surface area contributed by atoms with E-state index in [1.165, 1.54) is 109 Å². The molecule has 0 aromatic carbocycles. The third-order valence-corrected chi connectivity index (χ3v) is 15.8. The molecule has 0 radical (unpaired) electrons. The van der Waals surface area contributed by atoms with Gasteiger partial charge in [-0.05, 0) is 122 Å². The number of unbranched alkanes of at least 4 members (excludes halogenated alkanes) is 28. The SMILES string of the molecule is CC/C=C\C/C=C\C/C=C\C/C=C\C/C=C\C/C=C\CCCCCCCCC(=O)OC(/C=C/CCCCCCCCCCCCC)C(COP(=O)([O-])OCC[N+](C)(C)C)NC(=O)CCCCCCCCCC/C=C\C/C=C\C/C=C\CCCCC. The molecule has 1 amide bonds. The summed E-state index contributed by atoms with van der Waals surface area (Å²) in [5.41, 5.74) is 0. The maximum Gasteiger partial charge on any atom is 0.306 e. The summed E-state index contributed by atoms with van der Waals surface area (Å²) in [6.07, 6.45) is 88.8. The highest BCUT2D eigenvalue weighted by atomic mass is 31.2. The number of nitrogens with one attached hydrogen (secondary N) is 1. The van der Waals surface area contributed by atoms with E-state index < -0.39 is 26.6 Å². The molecule has 9 nitrogen and oxygen atoms in total. The Morgan fingerprint density at radius 3 is 1.15 bits per heavy atom. The number of rotatable bonds is 62. The first-order valence-corrected chi connectivity index (χ1v) is 36.3. The van der Waals surface area contributed by atoms with Gasteiger partial charge < -0.3 is 28.5 Å². The van der Waals surface area contributed by atoms with Crippen LogP contribution < -0.4 is 10.2 Å². The van der Waals surface area contributed by atoms with Crippen LogP contribution in [0.3, 0.4) is 0 Å². The summed E-state index contributed by atoms with van der Waals surface area (Å²) in [5, 5.41) is 3.03. The van der Waals surface area contributed by atoms with Crippen LogP contribution in [-0.4, -0.2) is 69.4 Å². The standard InChI is InChI=1S/C75H131N2O7P/c1-7-10-13-16-19-22-25-28-30-32-34-36-37-38-39-41-43-45-47-50-53-56-59-62-65-68-75(79)84-73(66-63-60-57-54-51-48-27-24-21-18-15-12-9-3)72(71-83-85(80,81)82-70-69-77(4,5)6)76-74(78)67-64-61-58-55-52-49-46-44-42-40-35-33-31-29-26-23-20-17-14-11-8-2/h10,13,19-20,22-23,28-31,34-36,38-40,43,45,63,66,72-73H,7-9,11-12,14-18,21,24-27,32-33,37,41-42,44,46-62,64-65,67-71H2,1-6H3,(H-,76,78,80,81)/b13-10-,22-19-,23-20-,30-28-,31-29-,36-34-,39-38-,40-35-,45-43-,66-63+. The number of allylic oxidation sites excluding steroid dienone is 19. The Bertz CT molecular complexity index is 1870. The molecule has 0 aliphatic rings. The molecule has 1 N–H and O–H groups in total. The van der Waals surface area contributed by atoms with Crippen LogP contribution in [0.2, 0.25) is 0 Å². The van der Waals surface area contributed by atoms with Crippen molar-refractivity contribution >= 4 is 19.7 Å². The van der Waals surface area contributed by atoms with E-state index in [-0.39, 0.29) is 24.9 Å². The number of hydrogen-bond acceptors (Lipinski definition) is 7. The fourth-order valence-electron chi connectivity index (χ4n) is 9.53. The molecule has 0 rings (SSSR count). The topological polar surface area (TPSA) is 114 Å². The van der Waals surface area contributed by atoms with Crippen LogP contribution in [0.25, 0.3) is 0 Å². The maximum atomic E-state index is 13.6. The molecule has 0 fully saturated rings. The Labute approximate surface area is 524 Å². The van der Waals surface area contributed by atoms with Crippen LogP contribution in [0, 0.1) is 0 Å². The Kier molecular flexibility index (Phi) is 60.8. The first kappa shape index (κ1) is 81.4. The van der Waals surface area contributed by atoms with Crippen molar-refractivity contribution in [3.63, 3.8) is 0 Å². The Morgan fingerprint density at radius 2 is 0.753 bits per heavy atom. The zero-order valence-electron chi connectivity index (χ0n) is 55.8. The minimum Gasteiger partial charge on any atom is -0.756 e. The number of esters is 1.